The van der Waals surface area contributed by atoms with Crippen LogP contribution in [0, 0.1) is 20.8 Å². The molecule has 0 atom stereocenters. The summed E-state index contributed by atoms with van der Waals surface area (Å²) in [5.74, 6) is 0.123. The first-order valence-corrected chi connectivity index (χ1v) is 7.67. The van der Waals surface area contributed by atoms with Crippen molar-refractivity contribution in [3.63, 3.8) is 0 Å². The number of sulfonamides is 1. The van der Waals surface area contributed by atoms with Crippen molar-refractivity contribution in [3.05, 3.63) is 53.1 Å². The molecule has 0 amide bonds. The largest absolute Gasteiger partial charge is 0.508 e. The lowest BCUT2D eigenvalue weighted by Gasteiger charge is -2.14. The highest BCUT2D eigenvalue weighted by molar-refractivity contribution is 7.92. The normalized spacial score (nSPS) is 11.3. The van der Waals surface area contributed by atoms with E-state index in [1.165, 1.54) is 12.1 Å². The third kappa shape index (κ3) is 2.93. The van der Waals surface area contributed by atoms with Crippen molar-refractivity contribution < 1.29 is 13.5 Å². The predicted molar refractivity (Wildman–Crippen MR) is 79.6 cm³/mol. The maximum absolute atomic E-state index is 12.3. The minimum atomic E-state index is -3.62. The highest BCUT2D eigenvalue weighted by atomic mass is 32.2. The molecule has 0 bridgehead atoms. The molecular formula is C15H17NO3S. The number of hydrogen-bond acceptors (Lipinski definition) is 3. The van der Waals surface area contributed by atoms with Crippen molar-refractivity contribution >= 4 is 15.7 Å². The van der Waals surface area contributed by atoms with Crippen LogP contribution in [-0.2, 0) is 10.0 Å². The van der Waals surface area contributed by atoms with E-state index in [4.69, 9.17) is 0 Å². The number of benzene rings is 2. The van der Waals surface area contributed by atoms with E-state index >= 15 is 0 Å². The first kappa shape index (κ1) is 14.4. The van der Waals surface area contributed by atoms with Gasteiger partial charge in [-0.1, -0.05) is 17.7 Å². The maximum Gasteiger partial charge on any atom is 0.261 e. The summed E-state index contributed by atoms with van der Waals surface area (Å²) in [5, 5.41) is 9.49. The number of aryl methyl sites for hydroxylation is 3. The fourth-order valence-corrected chi connectivity index (χ4v) is 3.22. The second kappa shape index (κ2) is 5.17. The van der Waals surface area contributed by atoms with Gasteiger partial charge in [0.05, 0.1) is 10.6 Å². The van der Waals surface area contributed by atoms with Gasteiger partial charge in [0.2, 0.25) is 0 Å². The maximum atomic E-state index is 12.3. The topological polar surface area (TPSA) is 66.4 Å². The van der Waals surface area contributed by atoms with Gasteiger partial charge in [0.25, 0.3) is 10.0 Å². The molecule has 0 aliphatic carbocycles. The summed E-state index contributed by atoms with van der Waals surface area (Å²) in [5.41, 5.74) is 2.86. The second-order valence-corrected chi connectivity index (χ2v) is 6.56. The number of aromatic hydroxyl groups is 1. The van der Waals surface area contributed by atoms with Crippen LogP contribution < -0.4 is 4.72 Å². The summed E-state index contributed by atoms with van der Waals surface area (Å²) >= 11 is 0. The minimum absolute atomic E-state index is 0.123. The summed E-state index contributed by atoms with van der Waals surface area (Å²) in [6.45, 7) is 5.40. The molecule has 0 unspecified atom stereocenters. The van der Waals surface area contributed by atoms with Crippen LogP contribution in [0.15, 0.2) is 41.3 Å². The highest BCUT2D eigenvalue weighted by Gasteiger charge is 2.16. The third-order valence-electron chi connectivity index (χ3n) is 3.09. The predicted octanol–water partition coefficient (Wildman–Crippen LogP) is 3.12. The summed E-state index contributed by atoms with van der Waals surface area (Å²) in [6, 6.07) is 9.71. The van der Waals surface area contributed by atoms with Crippen LogP contribution in [0.5, 0.6) is 5.75 Å². The Labute approximate surface area is 119 Å². The van der Waals surface area contributed by atoms with Crippen LogP contribution >= 0.6 is 0 Å². The van der Waals surface area contributed by atoms with Crippen molar-refractivity contribution in [2.45, 2.75) is 25.7 Å². The molecule has 2 aromatic rings. The van der Waals surface area contributed by atoms with E-state index in [9.17, 15) is 13.5 Å². The average Bonchev–Trinajstić information content (AvgIpc) is 2.34. The van der Waals surface area contributed by atoms with Crippen LogP contribution in [-0.4, -0.2) is 13.5 Å². The van der Waals surface area contributed by atoms with E-state index in [0.717, 1.165) is 5.56 Å². The standard InChI is InChI=1S/C15H17NO3S/c1-10-4-6-14(7-5-10)20(18,19)16-15-11(2)8-13(17)9-12(15)3/h4-9,16-17H,1-3H3. The molecular weight excluding hydrogens is 274 g/mol. The number of nitrogens with one attached hydrogen (secondary N) is 1. The molecule has 5 heteroatoms. The number of anilines is 1. The van der Waals surface area contributed by atoms with Gasteiger partial charge in [-0.2, -0.15) is 0 Å². The zero-order chi connectivity index (χ0) is 14.9. The van der Waals surface area contributed by atoms with Gasteiger partial charge in [-0.15, -0.1) is 0 Å². The number of hydrogen-bond donors (Lipinski definition) is 2. The van der Waals surface area contributed by atoms with Crippen LogP contribution in [0.1, 0.15) is 16.7 Å². The Kier molecular flexibility index (Phi) is 3.72. The molecule has 2 aromatic carbocycles. The molecule has 0 aromatic heterocycles. The van der Waals surface area contributed by atoms with Crippen LogP contribution in [0.25, 0.3) is 0 Å². The molecule has 2 N–H and O–H groups in total. The van der Waals surface area contributed by atoms with Gasteiger partial charge < -0.3 is 5.11 Å². The zero-order valence-corrected chi connectivity index (χ0v) is 12.5. The van der Waals surface area contributed by atoms with Crippen LogP contribution in [0.3, 0.4) is 0 Å². The number of rotatable bonds is 3. The van der Waals surface area contributed by atoms with Crippen molar-refractivity contribution in [1.29, 1.82) is 0 Å². The van der Waals surface area contributed by atoms with E-state index in [1.54, 1.807) is 38.1 Å². The minimum Gasteiger partial charge on any atom is -0.508 e. The average molecular weight is 291 g/mol. The molecule has 0 spiro atoms. The van der Waals surface area contributed by atoms with E-state index in [2.05, 4.69) is 4.72 Å². The van der Waals surface area contributed by atoms with Gasteiger partial charge in [-0.3, -0.25) is 4.72 Å². The van der Waals surface area contributed by atoms with Crippen molar-refractivity contribution in [2.75, 3.05) is 4.72 Å². The Morgan fingerprint density at radius 1 is 0.950 bits per heavy atom. The van der Waals surface area contributed by atoms with Gasteiger partial charge in [-0.05, 0) is 56.2 Å². The highest BCUT2D eigenvalue weighted by Crippen LogP contribution is 2.27. The van der Waals surface area contributed by atoms with Crippen molar-refractivity contribution in [3.8, 4) is 5.75 Å². The summed E-state index contributed by atoms with van der Waals surface area (Å²) < 4.78 is 27.2. The molecule has 4 nitrogen and oxygen atoms in total. The summed E-state index contributed by atoms with van der Waals surface area (Å²) in [7, 11) is -3.62. The van der Waals surface area contributed by atoms with Gasteiger partial charge in [-0.25, -0.2) is 8.42 Å². The molecule has 20 heavy (non-hydrogen) atoms. The first-order valence-electron chi connectivity index (χ1n) is 6.19. The molecule has 2 rings (SSSR count). The third-order valence-corrected chi connectivity index (χ3v) is 4.45. The molecule has 0 heterocycles. The van der Waals surface area contributed by atoms with Gasteiger partial charge in [0, 0.05) is 0 Å². The lowest BCUT2D eigenvalue weighted by atomic mass is 10.1. The Hall–Kier alpha value is -2.01. The molecule has 0 radical (unpaired) electrons. The summed E-state index contributed by atoms with van der Waals surface area (Å²) in [6.07, 6.45) is 0. The number of phenolic OH excluding ortho intramolecular Hbond substituents is 1. The Morgan fingerprint density at radius 2 is 1.45 bits per heavy atom. The molecule has 0 saturated carbocycles. The molecule has 106 valence electrons. The quantitative estimate of drug-likeness (QED) is 0.854. The Bertz CT molecular complexity index is 711. The smallest absolute Gasteiger partial charge is 0.261 e. The first-order chi connectivity index (χ1) is 9.29. The SMILES string of the molecule is Cc1ccc(S(=O)(=O)Nc2c(C)cc(O)cc2C)cc1. The van der Waals surface area contributed by atoms with Crippen molar-refractivity contribution in [1.82, 2.24) is 0 Å². The van der Waals surface area contributed by atoms with Crippen LogP contribution in [0.4, 0.5) is 5.69 Å². The van der Waals surface area contributed by atoms with Gasteiger partial charge in [0.15, 0.2) is 0 Å². The van der Waals surface area contributed by atoms with E-state index in [0.29, 0.717) is 16.8 Å². The van der Waals surface area contributed by atoms with Crippen LogP contribution in [0.2, 0.25) is 0 Å². The Balaban J connectivity index is 2.41. The zero-order valence-electron chi connectivity index (χ0n) is 11.6. The fourth-order valence-electron chi connectivity index (χ4n) is 2.01. The lowest BCUT2D eigenvalue weighted by molar-refractivity contribution is 0.474. The van der Waals surface area contributed by atoms with Gasteiger partial charge in [0.1, 0.15) is 5.75 Å². The molecule has 0 saturated heterocycles. The fraction of sp³-hybridized carbons (Fsp3) is 0.200. The summed E-state index contributed by atoms with van der Waals surface area (Å²) in [4.78, 5) is 0.218. The molecule has 0 aliphatic heterocycles. The van der Waals surface area contributed by atoms with Gasteiger partial charge >= 0.3 is 0 Å². The van der Waals surface area contributed by atoms with E-state index in [1.807, 2.05) is 6.92 Å². The molecule has 0 aliphatic rings. The molecule has 0 fully saturated rings. The second-order valence-electron chi connectivity index (χ2n) is 4.87. The Morgan fingerprint density at radius 3 is 1.95 bits per heavy atom. The van der Waals surface area contributed by atoms with E-state index in [-0.39, 0.29) is 10.6 Å². The number of phenols is 1. The lowest BCUT2D eigenvalue weighted by Crippen LogP contribution is -2.14. The van der Waals surface area contributed by atoms with Crippen molar-refractivity contribution in [2.24, 2.45) is 0 Å². The van der Waals surface area contributed by atoms with E-state index < -0.39 is 10.0 Å². The monoisotopic (exact) mass is 291 g/mol.